The highest BCUT2D eigenvalue weighted by molar-refractivity contribution is 8.04. The van der Waals surface area contributed by atoms with Crippen LogP contribution < -0.4 is 5.32 Å². The molecule has 4 nitrogen and oxygen atoms in total. The molecule has 1 N–H and O–H groups in total. The molecule has 4 rings (SSSR count). The van der Waals surface area contributed by atoms with E-state index in [-0.39, 0.29) is 16.6 Å². The van der Waals surface area contributed by atoms with E-state index in [9.17, 15) is 13.2 Å². The van der Waals surface area contributed by atoms with Gasteiger partial charge in [0.2, 0.25) is 0 Å². The first kappa shape index (κ1) is 22.0. The first-order chi connectivity index (χ1) is 14.7. The second-order valence-electron chi connectivity index (χ2n) is 7.09. The van der Waals surface area contributed by atoms with Crippen molar-refractivity contribution in [3.8, 4) is 0 Å². The molecule has 31 heavy (non-hydrogen) atoms. The number of rotatable bonds is 4. The second-order valence-corrected chi connectivity index (χ2v) is 11.0. The van der Waals surface area contributed by atoms with E-state index in [1.54, 1.807) is 24.3 Å². The second kappa shape index (κ2) is 8.71. The predicted molar refractivity (Wildman–Crippen MR) is 127 cm³/mol. The van der Waals surface area contributed by atoms with Gasteiger partial charge in [-0.05, 0) is 48.9 Å². The Hall–Kier alpha value is -2.25. The molecule has 0 aromatic heterocycles. The molecule has 1 aliphatic rings. The van der Waals surface area contributed by atoms with Gasteiger partial charge in [0.1, 0.15) is 0 Å². The van der Waals surface area contributed by atoms with E-state index in [0.29, 0.717) is 26.2 Å². The average Bonchev–Trinajstić information content (AvgIpc) is 2.72. The van der Waals surface area contributed by atoms with E-state index in [1.807, 2.05) is 37.3 Å². The highest BCUT2D eigenvalue weighted by Crippen LogP contribution is 2.40. The number of anilines is 1. The summed E-state index contributed by atoms with van der Waals surface area (Å²) in [4.78, 5) is 14.0. The fourth-order valence-corrected chi connectivity index (χ4v) is 6.14. The van der Waals surface area contributed by atoms with Crippen LogP contribution in [0.25, 0.3) is 6.08 Å². The van der Waals surface area contributed by atoms with Crippen LogP contribution in [0.15, 0.2) is 75.4 Å². The van der Waals surface area contributed by atoms with E-state index in [2.05, 4.69) is 5.32 Å². The highest BCUT2D eigenvalue weighted by atomic mass is 35.5. The molecular formula is C23H17Cl2NO3S2. The molecule has 0 aliphatic carbocycles. The summed E-state index contributed by atoms with van der Waals surface area (Å²) < 4.78 is 25.9. The number of carbonyl (C=O) groups excluding carboxylic acids is 1. The number of amides is 1. The molecule has 0 spiro atoms. The fourth-order valence-electron chi connectivity index (χ4n) is 3.09. The van der Waals surface area contributed by atoms with Crippen LogP contribution in [0.4, 0.5) is 5.69 Å². The maximum absolute atomic E-state index is 13.0. The van der Waals surface area contributed by atoms with Crippen molar-refractivity contribution in [3.63, 3.8) is 0 Å². The molecule has 0 fully saturated rings. The van der Waals surface area contributed by atoms with Crippen molar-refractivity contribution in [3.05, 3.63) is 92.3 Å². The standard InChI is InChI=1S/C23H17Cl2NO3S2/c1-14-5-7-15(8-6-14)11-22-23(27)26-20-12-16(9-10-21(20)30-22)31(28,29)13-17-18(24)3-2-4-19(17)25/h2-12H,13H2,1H3,(H,26,27)/b22-11-. The van der Waals surface area contributed by atoms with Crippen LogP contribution in [0.1, 0.15) is 16.7 Å². The van der Waals surface area contributed by atoms with Gasteiger partial charge in [0.05, 0.1) is 21.2 Å². The van der Waals surface area contributed by atoms with Crippen LogP contribution in [0.2, 0.25) is 10.0 Å². The minimum atomic E-state index is -3.72. The number of nitrogens with one attached hydrogen (secondary N) is 1. The number of fused-ring (bicyclic) bond motifs is 1. The van der Waals surface area contributed by atoms with Gasteiger partial charge in [-0.3, -0.25) is 4.79 Å². The Labute approximate surface area is 195 Å². The first-order valence-electron chi connectivity index (χ1n) is 9.30. The molecular weight excluding hydrogens is 473 g/mol. The molecule has 158 valence electrons. The van der Waals surface area contributed by atoms with Gasteiger partial charge in [-0.15, -0.1) is 0 Å². The molecule has 3 aromatic carbocycles. The topological polar surface area (TPSA) is 63.2 Å². The maximum Gasteiger partial charge on any atom is 0.262 e. The zero-order valence-electron chi connectivity index (χ0n) is 16.4. The first-order valence-corrected chi connectivity index (χ1v) is 12.5. The summed E-state index contributed by atoms with van der Waals surface area (Å²) in [6.45, 7) is 2.00. The van der Waals surface area contributed by atoms with E-state index < -0.39 is 9.84 Å². The molecule has 8 heteroatoms. The van der Waals surface area contributed by atoms with Crippen molar-refractivity contribution in [2.24, 2.45) is 0 Å². The lowest BCUT2D eigenvalue weighted by atomic mass is 10.1. The zero-order chi connectivity index (χ0) is 22.2. The molecule has 0 bridgehead atoms. The molecule has 0 saturated carbocycles. The van der Waals surface area contributed by atoms with Crippen molar-refractivity contribution in [1.82, 2.24) is 0 Å². The quantitative estimate of drug-likeness (QED) is 0.433. The van der Waals surface area contributed by atoms with Crippen LogP contribution in [0.3, 0.4) is 0 Å². The Kier molecular flexibility index (Phi) is 6.17. The Morgan fingerprint density at radius 1 is 1.00 bits per heavy atom. The molecule has 0 saturated heterocycles. The van der Waals surface area contributed by atoms with E-state index >= 15 is 0 Å². The Balaban J connectivity index is 1.62. The third-order valence-electron chi connectivity index (χ3n) is 4.77. The Morgan fingerprint density at radius 3 is 2.35 bits per heavy atom. The average molecular weight is 490 g/mol. The van der Waals surface area contributed by atoms with Crippen molar-refractivity contribution in [2.45, 2.75) is 22.5 Å². The lowest BCUT2D eigenvalue weighted by molar-refractivity contribution is -0.112. The predicted octanol–water partition coefficient (Wildman–Crippen LogP) is 6.36. The molecule has 1 heterocycles. The number of thioether (sulfide) groups is 1. The monoisotopic (exact) mass is 489 g/mol. The molecule has 1 amide bonds. The van der Waals surface area contributed by atoms with E-state index in [0.717, 1.165) is 16.0 Å². The van der Waals surface area contributed by atoms with Crippen molar-refractivity contribution >= 4 is 62.5 Å². The zero-order valence-corrected chi connectivity index (χ0v) is 19.5. The van der Waals surface area contributed by atoms with E-state index in [1.165, 1.54) is 23.9 Å². The van der Waals surface area contributed by atoms with Gasteiger partial charge in [-0.1, -0.05) is 70.9 Å². The lowest BCUT2D eigenvalue weighted by Gasteiger charge is -2.19. The van der Waals surface area contributed by atoms with Crippen molar-refractivity contribution < 1.29 is 13.2 Å². The van der Waals surface area contributed by atoms with E-state index in [4.69, 9.17) is 23.2 Å². The normalized spacial score (nSPS) is 14.9. The number of halogens is 2. The SMILES string of the molecule is Cc1ccc(/C=C2\Sc3ccc(S(=O)(=O)Cc4c(Cl)cccc4Cl)cc3NC2=O)cc1. The third kappa shape index (κ3) is 4.83. The highest BCUT2D eigenvalue weighted by Gasteiger charge is 2.25. The third-order valence-corrected chi connectivity index (χ3v) is 8.22. The Bertz CT molecular complexity index is 1300. The van der Waals surface area contributed by atoms with Crippen LogP contribution >= 0.6 is 35.0 Å². The fraction of sp³-hybridized carbons (Fsp3) is 0.0870. The number of hydrogen-bond donors (Lipinski definition) is 1. The summed E-state index contributed by atoms with van der Waals surface area (Å²) in [5.41, 5.74) is 2.87. The minimum absolute atomic E-state index is 0.0918. The van der Waals surface area contributed by atoms with Crippen LogP contribution in [0.5, 0.6) is 0 Å². The van der Waals surface area contributed by atoms with Gasteiger partial charge in [0.25, 0.3) is 5.91 Å². The number of aryl methyl sites for hydroxylation is 1. The van der Waals surface area contributed by atoms with Gasteiger partial charge in [0.15, 0.2) is 9.84 Å². The molecule has 0 unspecified atom stereocenters. The molecule has 0 atom stereocenters. The van der Waals surface area contributed by atoms with Crippen molar-refractivity contribution in [1.29, 1.82) is 0 Å². The number of benzene rings is 3. The summed E-state index contributed by atoms with van der Waals surface area (Å²) in [5.74, 6) is -0.606. The number of carbonyl (C=O) groups is 1. The van der Waals surface area contributed by atoms with Gasteiger partial charge >= 0.3 is 0 Å². The molecule has 1 aliphatic heterocycles. The molecule has 3 aromatic rings. The summed E-state index contributed by atoms with van der Waals surface area (Å²) in [6.07, 6.45) is 1.81. The summed E-state index contributed by atoms with van der Waals surface area (Å²) in [6, 6.07) is 17.4. The summed E-state index contributed by atoms with van der Waals surface area (Å²) in [5, 5.41) is 3.39. The van der Waals surface area contributed by atoms with Gasteiger partial charge in [0, 0.05) is 20.5 Å². The summed E-state index contributed by atoms with van der Waals surface area (Å²) >= 11 is 13.6. The van der Waals surface area contributed by atoms with Crippen LogP contribution in [-0.2, 0) is 20.4 Å². The summed E-state index contributed by atoms with van der Waals surface area (Å²) in [7, 11) is -3.72. The Morgan fingerprint density at radius 2 is 1.68 bits per heavy atom. The number of hydrogen-bond acceptors (Lipinski definition) is 4. The molecule has 0 radical (unpaired) electrons. The number of sulfone groups is 1. The van der Waals surface area contributed by atoms with Crippen LogP contribution in [0, 0.1) is 6.92 Å². The lowest BCUT2D eigenvalue weighted by Crippen LogP contribution is -2.18. The van der Waals surface area contributed by atoms with Gasteiger partial charge < -0.3 is 5.32 Å². The minimum Gasteiger partial charge on any atom is -0.320 e. The maximum atomic E-state index is 13.0. The smallest absolute Gasteiger partial charge is 0.262 e. The van der Waals surface area contributed by atoms with Gasteiger partial charge in [-0.25, -0.2) is 8.42 Å². The van der Waals surface area contributed by atoms with Crippen molar-refractivity contribution in [2.75, 3.05) is 5.32 Å². The van der Waals surface area contributed by atoms with Gasteiger partial charge in [-0.2, -0.15) is 0 Å². The van der Waals surface area contributed by atoms with Crippen LogP contribution in [-0.4, -0.2) is 14.3 Å². The largest absolute Gasteiger partial charge is 0.320 e.